The van der Waals surface area contributed by atoms with Gasteiger partial charge in [-0.15, -0.1) is 10.2 Å². The predicted octanol–water partition coefficient (Wildman–Crippen LogP) is 4.73. The molecule has 1 unspecified atom stereocenters. The van der Waals surface area contributed by atoms with Gasteiger partial charge in [-0.25, -0.2) is 4.79 Å². The lowest BCUT2D eigenvalue weighted by atomic mass is 10.0. The molecule has 8 nitrogen and oxygen atoms in total. The van der Waals surface area contributed by atoms with E-state index >= 15 is 0 Å². The van der Waals surface area contributed by atoms with Gasteiger partial charge < -0.3 is 19.7 Å². The van der Waals surface area contributed by atoms with Gasteiger partial charge in [0.05, 0.1) is 18.8 Å². The van der Waals surface area contributed by atoms with Crippen molar-refractivity contribution in [1.82, 2.24) is 15.1 Å². The van der Waals surface area contributed by atoms with E-state index in [0.29, 0.717) is 24.3 Å². The lowest BCUT2D eigenvalue weighted by Gasteiger charge is -2.35. The van der Waals surface area contributed by atoms with E-state index in [0.717, 1.165) is 22.3 Å². The number of alkyl halides is 3. The highest BCUT2D eigenvalue weighted by Gasteiger charge is 2.54. The number of hydrogen-bond donors (Lipinski definition) is 2. The molecular formula is C21H26F3N3O5S. The minimum Gasteiger partial charge on any atom is -0.493 e. The normalized spacial score (nSPS) is 20.3. The number of ether oxygens (including phenoxy) is 2. The molecule has 1 atom stereocenters. The molecule has 0 radical (unpaired) electrons. The van der Waals surface area contributed by atoms with E-state index in [1.165, 1.54) is 12.1 Å². The summed E-state index contributed by atoms with van der Waals surface area (Å²) in [4.78, 5) is 13.0. The maximum Gasteiger partial charge on any atom is 0.419 e. The number of rotatable bonds is 8. The number of hydrogen-bond acceptors (Lipinski definition) is 7. The van der Waals surface area contributed by atoms with Crippen LogP contribution in [0.15, 0.2) is 18.2 Å². The van der Waals surface area contributed by atoms with Gasteiger partial charge in [-0.2, -0.15) is 13.2 Å². The maximum atomic E-state index is 13.7. The third-order valence-electron chi connectivity index (χ3n) is 5.41. The Bertz CT molecular complexity index is 998. The average molecular weight is 490 g/mol. The summed E-state index contributed by atoms with van der Waals surface area (Å²) in [7, 11) is 0. The highest BCUT2D eigenvalue weighted by molar-refractivity contribution is 7.14. The second-order valence-electron chi connectivity index (χ2n) is 8.38. The highest BCUT2D eigenvalue weighted by atomic mass is 32.1. The molecule has 1 amide bonds. The summed E-state index contributed by atoms with van der Waals surface area (Å²) in [6.45, 7) is 5.05. The van der Waals surface area contributed by atoms with Crippen LogP contribution in [0, 0.1) is 0 Å². The van der Waals surface area contributed by atoms with Crippen LogP contribution < -0.4 is 4.74 Å². The Hall–Kier alpha value is -2.44. The summed E-state index contributed by atoms with van der Waals surface area (Å²) in [6, 6.07) is 3.67. The van der Waals surface area contributed by atoms with Gasteiger partial charge in [0.25, 0.3) is 0 Å². The third-order valence-corrected chi connectivity index (χ3v) is 6.63. The molecule has 0 spiro atoms. The summed E-state index contributed by atoms with van der Waals surface area (Å²) in [5.74, 6) is -0.282. The third kappa shape index (κ3) is 5.22. The van der Waals surface area contributed by atoms with Gasteiger partial charge in [0.1, 0.15) is 27.0 Å². The van der Waals surface area contributed by atoms with Crippen molar-refractivity contribution in [2.24, 2.45) is 0 Å². The Balaban J connectivity index is 1.88. The Morgan fingerprint density at radius 2 is 1.97 bits per heavy atom. The lowest BCUT2D eigenvalue weighted by molar-refractivity contribution is -0.138. The maximum absolute atomic E-state index is 13.7. The molecule has 12 heteroatoms. The van der Waals surface area contributed by atoms with E-state index in [1.807, 2.05) is 0 Å². The second-order valence-corrected chi connectivity index (χ2v) is 9.36. The Kier molecular flexibility index (Phi) is 7.20. The molecule has 1 aliphatic rings. The number of benzene rings is 1. The van der Waals surface area contributed by atoms with Crippen molar-refractivity contribution in [2.75, 3.05) is 19.8 Å². The molecule has 0 bridgehead atoms. The van der Waals surface area contributed by atoms with Gasteiger partial charge in [-0.1, -0.05) is 11.3 Å². The fraction of sp³-hybridized carbons (Fsp3) is 0.571. The number of nitrogens with zero attached hydrogens (tertiary/aromatic N) is 3. The van der Waals surface area contributed by atoms with E-state index in [2.05, 4.69) is 10.2 Å². The van der Waals surface area contributed by atoms with E-state index in [1.54, 1.807) is 20.8 Å². The molecule has 3 rings (SSSR count). The summed E-state index contributed by atoms with van der Waals surface area (Å²) in [5.41, 5.74) is -2.95. The van der Waals surface area contributed by atoms with Crippen LogP contribution in [0.3, 0.4) is 0 Å². The SMILES string of the molecule is CC1(C)OCC(C)(c2nnc(-c3ccc(OCCCCCO)c(C(F)(F)F)c3)s2)N1C(=O)O. The molecule has 1 saturated heterocycles. The largest absolute Gasteiger partial charge is 0.493 e. The molecule has 0 saturated carbocycles. The molecule has 2 N–H and O–H groups in total. The fourth-order valence-electron chi connectivity index (χ4n) is 3.78. The minimum absolute atomic E-state index is 0.0270. The van der Waals surface area contributed by atoms with Crippen molar-refractivity contribution in [3.63, 3.8) is 0 Å². The fourth-order valence-corrected chi connectivity index (χ4v) is 4.74. The smallest absolute Gasteiger partial charge is 0.419 e. The zero-order chi connectivity index (χ0) is 24.4. The number of carboxylic acid groups (broad SMARTS) is 1. The quantitative estimate of drug-likeness (QED) is 0.517. The number of amides is 1. The number of unbranched alkanes of at least 4 members (excludes halogenated alkanes) is 2. The lowest BCUT2D eigenvalue weighted by Crippen LogP contribution is -2.51. The first-order chi connectivity index (χ1) is 15.4. The Morgan fingerprint density at radius 3 is 2.61 bits per heavy atom. The molecule has 1 aromatic carbocycles. The summed E-state index contributed by atoms with van der Waals surface area (Å²) in [6.07, 6.45) is -4.10. The van der Waals surface area contributed by atoms with E-state index in [4.69, 9.17) is 14.6 Å². The van der Waals surface area contributed by atoms with Crippen LogP contribution in [0.1, 0.15) is 50.6 Å². The summed E-state index contributed by atoms with van der Waals surface area (Å²) >= 11 is 1.02. The average Bonchev–Trinajstić information content (AvgIpc) is 3.31. The van der Waals surface area contributed by atoms with Gasteiger partial charge >= 0.3 is 12.3 Å². The zero-order valence-corrected chi connectivity index (χ0v) is 19.3. The van der Waals surface area contributed by atoms with Crippen LogP contribution in [0.4, 0.5) is 18.0 Å². The van der Waals surface area contributed by atoms with Crippen molar-refractivity contribution in [1.29, 1.82) is 0 Å². The van der Waals surface area contributed by atoms with Crippen LogP contribution in [0.25, 0.3) is 10.6 Å². The van der Waals surface area contributed by atoms with Gasteiger partial charge in [0, 0.05) is 12.2 Å². The number of aliphatic hydroxyl groups is 1. The number of aliphatic hydroxyl groups excluding tert-OH is 1. The Labute approximate surface area is 193 Å². The van der Waals surface area contributed by atoms with Crippen molar-refractivity contribution in [3.05, 3.63) is 28.8 Å². The van der Waals surface area contributed by atoms with Gasteiger partial charge in [0.2, 0.25) is 0 Å². The number of halogens is 3. The first-order valence-electron chi connectivity index (χ1n) is 10.4. The molecule has 1 fully saturated rings. The first kappa shape index (κ1) is 25.2. The molecule has 1 aromatic heterocycles. The van der Waals surface area contributed by atoms with E-state index in [9.17, 15) is 23.1 Å². The molecule has 182 valence electrons. The van der Waals surface area contributed by atoms with Gasteiger partial charge in [-0.3, -0.25) is 4.90 Å². The van der Waals surface area contributed by atoms with Crippen LogP contribution in [0.5, 0.6) is 5.75 Å². The molecule has 2 aromatic rings. The molecule has 1 aliphatic heterocycles. The summed E-state index contributed by atoms with van der Waals surface area (Å²) < 4.78 is 52.0. The topological polar surface area (TPSA) is 105 Å². The standard InChI is InChI=1S/C21H26F3N3O5S/c1-19(2)27(18(29)30)20(3,12-32-19)17-26-25-16(33-17)13-7-8-15(14(11-13)21(22,23)24)31-10-6-4-5-9-28/h7-8,11,28H,4-6,9-10,12H2,1-3H3,(H,29,30). The van der Waals surface area contributed by atoms with Gasteiger partial charge in [0.15, 0.2) is 0 Å². The van der Waals surface area contributed by atoms with E-state index in [-0.39, 0.29) is 36.1 Å². The monoisotopic (exact) mass is 489 g/mol. The molecule has 2 heterocycles. The van der Waals surface area contributed by atoms with Crippen molar-refractivity contribution >= 4 is 17.4 Å². The van der Waals surface area contributed by atoms with E-state index < -0.39 is 29.1 Å². The van der Waals surface area contributed by atoms with Crippen molar-refractivity contribution < 1.29 is 37.7 Å². The molecular weight excluding hydrogens is 463 g/mol. The summed E-state index contributed by atoms with van der Waals surface area (Å²) in [5, 5.41) is 27.1. The Morgan fingerprint density at radius 1 is 1.24 bits per heavy atom. The highest BCUT2D eigenvalue weighted by Crippen LogP contribution is 2.45. The van der Waals surface area contributed by atoms with Crippen LogP contribution in [-0.2, 0) is 16.5 Å². The predicted molar refractivity (Wildman–Crippen MR) is 114 cm³/mol. The number of aromatic nitrogens is 2. The molecule has 33 heavy (non-hydrogen) atoms. The molecule has 0 aliphatic carbocycles. The van der Waals surface area contributed by atoms with Crippen molar-refractivity contribution in [2.45, 2.75) is 57.5 Å². The minimum atomic E-state index is -4.64. The van der Waals surface area contributed by atoms with Crippen LogP contribution >= 0.6 is 11.3 Å². The zero-order valence-electron chi connectivity index (χ0n) is 18.5. The van der Waals surface area contributed by atoms with Crippen LogP contribution in [0.2, 0.25) is 0 Å². The van der Waals surface area contributed by atoms with Crippen LogP contribution in [-0.4, -0.2) is 56.9 Å². The first-order valence-corrected chi connectivity index (χ1v) is 11.2. The second kappa shape index (κ2) is 9.43. The van der Waals surface area contributed by atoms with Crippen molar-refractivity contribution in [3.8, 4) is 16.3 Å². The van der Waals surface area contributed by atoms with Gasteiger partial charge in [-0.05, 0) is 58.2 Å². The number of carbonyl (C=O) groups is 1.